The number of cyclic esters (lactones) is 1. The number of esters is 1. The number of nitro groups is 1. The second-order valence-corrected chi connectivity index (χ2v) is 8.56. The van der Waals surface area contributed by atoms with Gasteiger partial charge in [-0.1, -0.05) is 18.2 Å². The summed E-state index contributed by atoms with van der Waals surface area (Å²) in [6.07, 6.45) is 1.64. The predicted octanol–water partition coefficient (Wildman–Crippen LogP) is 5.44. The van der Waals surface area contributed by atoms with Gasteiger partial charge in [0.1, 0.15) is 6.61 Å². The Balaban J connectivity index is 1.57. The molecule has 0 spiro atoms. The highest BCUT2D eigenvalue weighted by atomic mass is 127. The highest BCUT2D eigenvalue weighted by Crippen LogP contribution is 2.35. The molecule has 4 rings (SSSR count). The standard InChI is InChI=1S/C25H19IN2O6/c1-15-5-3-4-6-19(15)24-27-21(25(29)34-24)12-17-11-20(26)23(22(13-17)32-2)33-14-16-7-9-18(10-8-16)28(30)31/h3-13H,14H2,1-2H3/b21-12-. The molecule has 0 N–H and O–H groups in total. The number of aryl methyl sites for hydroxylation is 1. The van der Waals surface area contributed by atoms with Crippen LogP contribution < -0.4 is 9.47 Å². The molecule has 3 aromatic rings. The van der Waals surface area contributed by atoms with Gasteiger partial charge in [-0.2, -0.15) is 0 Å². The fourth-order valence-corrected chi connectivity index (χ4v) is 4.11. The van der Waals surface area contributed by atoms with Crippen LogP contribution in [0.4, 0.5) is 5.69 Å². The van der Waals surface area contributed by atoms with Crippen molar-refractivity contribution in [2.24, 2.45) is 4.99 Å². The van der Waals surface area contributed by atoms with E-state index in [1.807, 2.05) is 37.3 Å². The Kier molecular flexibility index (Phi) is 6.92. The Labute approximate surface area is 209 Å². The molecule has 1 aliphatic rings. The van der Waals surface area contributed by atoms with Gasteiger partial charge in [-0.25, -0.2) is 9.79 Å². The molecule has 0 amide bonds. The monoisotopic (exact) mass is 570 g/mol. The number of hydrogen-bond donors (Lipinski definition) is 0. The van der Waals surface area contributed by atoms with Crippen molar-refractivity contribution >= 4 is 46.2 Å². The lowest BCUT2D eigenvalue weighted by Gasteiger charge is -2.13. The Morgan fingerprint density at radius 3 is 2.56 bits per heavy atom. The van der Waals surface area contributed by atoms with Gasteiger partial charge in [0.15, 0.2) is 17.2 Å². The van der Waals surface area contributed by atoms with Crippen molar-refractivity contribution in [1.29, 1.82) is 0 Å². The summed E-state index contributed by atoms with van der Waals surface area (Å²) in [5.74, 6) is 0.765. The number of benzene rings is 3. The molecule has 8 nitrogen and oxygen atoms in total. The van der Waals surface area contributed by atoms with E-state index in [-0.39, 0.29) is 23.9 Å². The van der Waals surface area contributed by atoms with Gasteiger partial charge in [0.2, 0.25) is 5.90 Å². The maximum Gasteiger partial charge on any atom is 0.363 e. The quantitative estimate of drug-likeness (QED) is 0.123. The van der Waals surface area contributed by atoms with Crippen molar-refractivity contribution in [2.45, 2.75) is 13.5 Å². The van der Waals surface area contributed by atoms with Gasteiger partial charge in [-0.05, 0) is 82.6 Å². The highest BCUT2D eigenvalue weighted by Gasteiger charge is 2.25. The van der Waals surface area contributed by atoms with Gasteiger partial charge in [0, 0.05) is 17.7 Å². The van der Waals surface area contributed by atoms with Crippen LogP contribution in [0.15, 0.2) is 71.4 Å². The average molecular weight is 570 g/mol. The summed E-state index contributed by atoms with van der Waals surface area (Å²) in [5, 5.41) is 10.8. The van der Waals surface area contributed by atoms with Crippen LogP contribution in [0.25, 0.3) is 6.08 Å². The Bertz CT molecular complexity index is 1330. The summed E-state index contributed by atoms with van der Waals surface area (Å²) in [4.78, 5) is 27.2. The van der Waals surface area contributed by atoms with E-state index in [1.54, 1.807) is 24.3 Å². The molecule has 0 saturated carbocycles. The molecule has 0 aromatic heterocycles. The maximum atomic E-state index is 12.4. The Hall–Kier alpha value is -3.73. The van der Waals surface area contributed by atoms with Gasteiger partial charge in [-0.15, -0.1) is 0 Å². The van der Waals surface area contributed by atoms with Crippen LogP contribution >= 0.6 is 22.6 Å². The van der Waals surface area contributed by atoms with Gasteiger partial charge in [0.25, 0.3) is 5.69 Å². The number of aliphatic imine (C=N–C) groups is 1. The maximum absolute atomic E-state index is 12.4. The first-order chi connectivity index (χ1) is 16.4. The third-order valence-electron chi connectivity index (χ3n) is 5.08. The SMILES string of the molecule is COc1cc(/C=C2\N=C(c3ccccc3C)OC2=O)cc(I)c1OCc1ccc([N+](=O)[O-])cc1. The molecule has 0 fully saturated rings. The van der Waals surface area contributed by atoms with Crippen LogP contribution in [0.3, 0.4) is 0 Å². The zero-order valence-corrected chi connectivity index (χ0v) is 20.4. The van der Waals surface area contributed by atoms with E-state index in [1.165, 1.54) is 19.2 Å². The van der Waals surface area contributed by atoms with Gasteiger partial charge in [-0.3, -0.25) is 10.1 Å². The van der Waals surface area contributed by atoms with Crippen molar-refractivity contribution in [3.8, 4) is 11.5 Å². The molecule has 0 saturated heterocycles. The predicted molar refractivity (Wildman–Crippen MR) is 135 cm³/mol. The lowest BCUT2D eigenvalue weighted by atomic mass is 10.1. The minimum Gasteiger partial charge on any atom is -0.493 e. The number of carbonyl (C=O) groups is 1. The van der Waals surface area contributed by atoms with E-state index in [0.717, 1.165) is 20.3 Å². The number of carbonyl (C=O) groups excluding carboxylic acids is 1. The van der Waals surface area contributed by atoms with Crippen molar-refractivity contribution in [3.05, 3.63) is 102 Å². The number of hydrogen-bond acceptors (Lipinski definition) is 7. The number of halogens is 1. The van der Waals surface area contributed by atoms with E-state index in [9.17, 15) is 14.9 Å². The number of nitrogens with zero attached hydrogens (tertiary/aromatic N) is 2. The van der Waals surface area contributed by atoms with Crippen LogP contribution in [-0.4, -0.2) is 23.9 Å². The molecular formula is C25H19IN2O6. The molecule has 0 atom stereocenters. The van der Waals surface area contributed by atoms with Crippen molar-refractivity contribution in [1.82, 2.24) is 0 Å². The zero-order chi connectivity index (χ0) is 24.2. The minimum atomic E-state index is -0.522. The summed E-state index contributed by atoms with van der Waals surface area (Å²) >= 11 is 2.13. The van der Waals surface area contributed by atoms with Crippen molar-refractivity contribution in [2.75, 3.05) is 7.11 Å². The molecule has 172 valence electrons. The molecule has 0 bridgehead atoms. The summed E-state index contributed by atoms with van der Waals surface area (Å²) in [5.41, 5.74) is 3.41. The molecule has 9 heteroatoms. The number of ether oxygens (including phenoxy) is 3. The van der Waals surface area contributed by atoms with E-state index in [2.05, 4.69) is 27.6 Å². The Morgan fingerprint density at radius 2 is 1.88 bits per heavy atom. The molecule has 0 aliphatic carbocycles. The first kappa shape index (κ1) is 23.4. The number of nitro benzene ring substituents is 1. The lowest BCUT2D eigenvalue weighted by Crippen LogP contribution is -2.06. The van der Waals surface area contributed by atoms with Gasteiger partial charge < -0.3 is 14.2 Å². The highest BCUT2D eigenvalue weighted by molar-refractivity contribution is 14.1. The molecule has 1 aliphatic heterocycles. The molecule has 0 unspecified atom stereocenters. The lowest BCUT2D eigenvalue weighted by molar-refractivity contribution is -0.384. The van der Waals surface area contributed by atoms with Gasteiger partial charge >= 0.3 is 5.97 Å². The summed E-state index contributed by atoms with van der Waals surface area (Å²) < 4.78 is 17.6. The second kappa shape index (κ2) is 10.0. The molecule has 1 heterocycles. The van der Waals surface area contributed by atoms with E-state index >= 15 is 0 Å². The van der Waals surface area contributed by atoms with Crippen molar-refractivity contribution in [3.63, 3.8) is 0 Å². The fraction of sp³-hybridized carbons (Fsp3) is 0.120. The second-order valence-electron chi connectivity index (χ2n) is 7.40. The third kappa shape index (κ3) is 5.09. The smallest absolute Gasteiger partial charge is 0.363 e. The summed E-state index contributed by atoms with van der Waals surface area (Å²) in [6.45, 7) is 2.14. The van der Waals surface area contributed by atoms with Crippen molar-refractivity contribution < 1.29 is 23.9 Å². The third-order valence-corrected chi connectivity index (χ3v) is 5.88. The molecule has 3 aromatic carbocycles. The fourth-order valence-electron chi connectivity index (χ4n) is 3.33. The van der Waals surface area contributed by atoms with E-state index in [0.29, 0.717) is 17.1 Å². The topological polar surface area (TPSA) is 100 Å². The minimum absolute atomic E-state index is 0.0204. The van der Waals surface area contributed by atoms with Crippen LogP contribution in [0, 0.1) is 20.6 Å². The largest absolute Gasteiger partial charge is 0.493 e. The summed E-state index contributed by atoms with van der Waals surface area (Å²) in [7, 11) is 1.53. The number of methoxy groups -OCH3 is 1. The first-order valence-electron chi connectivity index (χ1n) is 10.2. The normalized spacial score (nSPS) is 14.0. The zero-order valence-electron chi connectivity index (χ0n) is 18.3. The van der Waals surface area contributed by atoms with Crippen LogP contribution in [-0.2, 0) is 16.1 Å². The van der Waals surface area contributed by atoms with Crippen LogP contribution in [0.1, 0.15) is 22.3 Å². The number of rotatable bonds is 7. The Morgan fingerprint density at radius 1 is 1.15 bits per heavy atom. The van der Waals surface area contributed by atoms with Crippen LogP contribution in [0.2, 0.25) is 0 Å². The first-order valence-corrected chi connectivity index (χ1v) is 11.3. The molecule has 34 heavy (non-hydrogen) atoms. The van der Waals surface area contributed by atoms with E-state index in [4.69, 9.17) is 14.2 Å². The van der Waals surface area contributed by atoms with E-state index < -0.39 is 10.9 Å². The average Bonchev–Trinajstić information content (AvgIpc) is 3.18. The molecule has 0 radical (unpaired) electrons. The number of non-ortho nitro benzene ring substituents is 1. The van der Waals surface area contributed by atoms with Gasteiger partial charge in [0.05, 0.1) is 15.6 Å². The molecular weight excluding hydrogens is 551 g/mol. The summed E-state index contributed by atoms with van der Waals surface area (Å²) in [6, 6.07) is 17.3. The van der Waals surface area contributed by atoms with Crippen LogP contribution in [0.5, 0.6) is 11.5 Å².